The zero-order valence-electron chi connectivity index (χ0n) is 15.8. The average Bonchev–Trinajstić information content (AvgIpc) is 3.42. The molecule has 0 aliphatic heterocycles. The molecule has 7 heteroatoms. The van der Waals surface area contributed by atoms with Gasteiger partial charge in [0.15, 0.2) is 0 Å². The summed E-state index contributed by atoms with van der Waals surface area (Å²) < 4.78 is 10.5. The number of hydrogen-bond donors (Lipinski definition) is 1. The molecule has 2 rings (SSSR count). The maximum Gasteiger partial charge on any atom is 0.342 e. The Balaban J connectivity index is 0.00000101. The van der Waals surface area contributed by atoms with Crippen LogP contribution >= 0.6 is 0 Å². The lowest BCUT2D eigenvalue weighted by Crippen LogP contribution is -2.37. The first-order valence-electron chi connectivity index (χ1n) is 8.99. The van der Waals surface area contributed by atoms with Crippen LogP contribution in [0.4, 0.5) is 0 Å². The Bertz CT molecular complexity index is 552. The van der Waals surface area contributed by atoms with E-state index in [-0.39, 0.29) is 6.61 Å². The van der Waals surface area contributed by atoms with Crippen LogP contribution in [0.3, 0.4) is 0 Å². The molecule has 7 nitrogen and oxygen atoms in total. The van der Waals surface area contributed by atoms with Gasteiger partial charge in [-0.3, -0.25) is 14.9 Å². The van der Waals surface area contributed by atoms with Gasteiger partial charge >= 0.3 is 12.2 Å². The smallest absolute Gasteiger partial charge is 0.342 e. The number of ether oxygens (including phenoxy) is 2. The van der Waals surface area contributed by atoms with Crippen molar-refractivity contribution in [1.29, 1.82) is 0 Å². The van der Waals surface area contributed by atoms with Gasteiger partial charge in [-0.05, 0) is 45.7 Å². The normalized spacial score (nSPS) is 15.2. The van der Waals surface area contributed by atoms with E-state index < -0.39 is 28.8 Å². The fourth-order valence-electron chi connectivity index (χ4n) is 1.89. The van der Waals surface area contributed by atoms with Crippen molar-refractivity contribution in [3.8, 4) is 0 Å². The molecule has 2 atom stereocenters. The van der Waals surface area contributed by atoms with Crippen molar-refractivity contribution in [1.82, 2.24) is 0 Å². The van der Waals surface area contributed by atoms with E-state index in [0.29, 0.717) is 18.4 Å². The molecular formula is C19H30N2O5. The van der Waals surface area contributed by atoms with Crippen molar-refractivity contribution in [2.45, 2.75) is 70.7 Å². The second kappa shape index (κ2) is 10.9. The molecule has 1 aromatic rings. The van der Waals surface area contributed by atoms with Gasteiger partial charge < -0.3 is 15.2 Å². The van der Waals surface area contributed by atoms with Gasteiger partial charge in [0.25, 0.3) is 0 Å². The molecule has 2 N–H and O–H groups in total. The number of hydrogen-bond acceptors (Lipinski definition) is 6. The maximum absolute atomic E-state index is 11.7. The SMILES string of the molecule is C1CC1.CC(C)(C)OC(=O)C(N)CCCOC(c1ccccc1)[N+](=O)[O-]. The van der Waals surface area contributed by atoms with Crippen molar-refractivity contribution in [2.24, 2.45) is 5.73 Å². The number of carbonyl (C=O) groups excluding carboxylic acids is 1. The third-order valence-corrected chi connectivity index (χ3v) is 3.27. The molecular weight excluding hydrogens is 336 g/mol. The molecule has 1 aliphatic carbocycles. The molecule has 2 unspecified atom stereocenters. The van der Waals surface area contributed by atoms with Crippen LogP contribution in [-0.4, -0.2) is 29.1 Å². The molecule has 0 spiro atoms. The van der Waals surface area contributed by atoms with Crippen molar-refractivity contribution in [2.75, 3.05) is 6.61 Å². The Labute approximate surface area is 155 Å². The number of carbonyl (C=O) groups is 1. The van der Waals surface area contributed by atoms with E-state index in [1.54, 1.807) is 51.1 Å². The first-order valence-corrected chi connectivity index (χ1v) is 8.99. The molecule has 146 valence electrons. The van der Waals surface area contributed by atoms with Crippen molar-refractivity contribution >= 4 is 5.97 Å². The molecule has 0 saturated heterocycles. The first kappa shape index (κ1) is 22.1. The maximum atomic E-state index is 11.7. The Morgan fingerprint density at radius 2 is 1.81 bits per heavy atom. The molecule has 26 heavy (non-hydrogen) atoms. The lowest BCUT2D eigenvalue weighted by molar-refractivity contribution is -0.584. The highest BCUT2D eigenvalue weighted by molar-refractivity contribution is 5.75. The highest BCUT2D eigenvalue weighted by Crippen LogP contribution is 2.18. The number of nitro groups is 1. The fraction of sp³-hybridized carbons (Fsp3) is 0.632. The number of rotatable bonds is 8. The summed E-state index contributed by atoms with van der Waals surface area (Å²) in [7, 11) is 0. The number of nitrogens with zero attached hydrogens (tertiary/aromatic N) is 1. The van der Waals surface area contributed by atoms with Crippen LogP contribution in [0.15, 0.2) is 30.3 Å². The summed E-state index contributed by atoms with van der Waals surface area (Å²) in [6.07, 6.45) is 4.06. The van der Waals surface area contributed by atoms with Crippen LogP contribution in [-0.2, 0) is 14.3 Å². The average molecular weight is 366 g/mol. The lowest BCUT2D eigenvalue weighted by Gasteiger charge is -2.22. The van der Waals surface area contributed by atoms with Crippen LogP contribution in [0.5, 0.6) is 0 Å². The molecule has 1 fully saturated rings. The second-order valence-electron chi connectivity index (χ2n) is 7.26. The van der Waals surface area contributed by atoms with E-state index in [4.69, 9.17) is 15.2 Å². The molecule has 1 saturated carbocycles. The summed E-state index contributed by atoms with van der Waals surface area (Å²) in [6, 6.07) is 7.73. The molecule has 0 aromatic heterocycles. The minimum absolute atomic E-state index is 0.136. The van der Waals surface area contributed by atoms with Gasteiger partial charge in [-0.25, -0.2) is 0 Å². The molecule has 0 heterocycles. The Hall–Kier alpha value is -1.99. The van der Waals surface area contributed by atoms with Crippen LogP contribution in [0.25, 0.3) is 0 Å². The highest BCUT2D eigenvalue weighted by Gasteiger charge is 2.24. The van der Waals surface area contributed by atoms with Gasteiger partial charge in [-0.1, -0.05) is 37.5 Å². The van der Waals surface area contributed by atoms with Gasteiger partial charge in [0, 0.05) is 0 Å². The largest absolute Gasteiger partial charge is 0.459 e. The Kier molecular flexibility index (Phi) is 9.23. The van der Waals surface area contributed by atoms with Crippen LogP contribution in [0.2, 0.25) is 0 Å². The molecule has 0 bridgehead atoms. The highest BCUT2D eigenvalue weighted by atomic mass is 16.7. The van der Waals surface area contributed by atoms with E-state index in [0.717, 1.165) is 0 Å². The third-order valence-electron chi connectivity index (χ3n) is 3.27. The van der Waals surface area contributed by atoms with Gasteiger partial charge in [0.05, 0.1) is 17.1 Å². The van der Waals surface area contributed by atoms with E-state index in [2.05, 4.69) is 0 Å². The van der Waals surface area contributed by atoms with Gasteiger partial charge in [0.1, 0.15) is 11.6 Å². The van der Waals surface area contributed by atoms with Crippen molar-refractivity contribution in [3.63, 3.8) is 0 Å². The summed E-state index contributed by atoms with van der Waals surface area (Å²) in [6.45, 7) is 5.43. The minimum Gasteiger partial charge on any atom is -0.459 e. The third kappa shape index (κ3) is 10.1. The quantitative estimate of drug-likeness (QED) is 0.248. The van der Waals surface area contributed by atoms with E-state index in [1.807, 2.05) is 0 Å². The Morgan fingerprint density at radius 3 is 2.27 bits per heavy atom. The monoisotopic (exact) mass is 366 g/mol. The predicted octanol–water partition coefficient (Wildman–Crippen LogP) is 3.60. The molecule has 1 aromatic carbocycles. The second-order valence-corrected chi connectivity index (χ2v) is 7.26. The van der Waals surface area contributed by atoms with E-state index in [9.17, 15) is 14.9 Å². The number of nitrogens with two attached hydrogens (primary N) is 1. The fourth-order valence-corrected chi connectivity index (χ4v) is 1.89. The number of benzene rings is 1. The standard InChI is InChI=1S/C16H24N2O5.C3H6/c1-16(2,3)23-15(19)13(17)10-7-11-22-14(18(20)21)12-8-5-4-6-9-12;1-2-3-1/h4-6,8-9,13-14H,7,10-11,17H2,1-3H3;1-3H2. The minimum atomic E-state index is -1.21. The Morgan fingerprint density at radius 1 is 1.23 bits per heavy atom. The van der Waals surface area contributed by atoms with Crippen LogP contribution in [0, 0.1) is 10.1 Å². The topological polar surface area (TPSA) is 105 Å². The summed E-state index contributed by atoms with van der Waals surface area (Å²) >= 11 is 0. The summed E-state index contributed by atoms with van der Waals surface area (Å²) in [5.41, 5.74) is 5.64. The summed E-state index contributed by atoms with van der Waals surface area (Å²) in [5, 5.41) is 11.1. The van der Waals surface area contributed by atoms with E-state index in [1.165, 1.54) is 19.3 Å². The van der Waals surface area contributed by atoms with Crippen LogP contribution in [0.1, 0.15) is 64.7 Å². The van der Waals surface area contributed by atoms with Crippen LogP contribution < -0.4 is 5.73 Å². The molecule has 0 amide bonds. The van der Waals surface area contributed by atoms with Crippen molar-refractivity contribution < 1.29 is 19.2 Å². The van der Waals surface area contributed by atoms with Crippen molar-refractivity contribution in [3.05, 3.63) is 46.0 Å². The zero-order valence-corrected chi connectivity index (χ0v) is 15.8. The zero-order chi connectivity index (χ0) is 19.6. The van der Waals surface area contributed by atoms with Gasteiger partial charge in [-0.15, -0.1) is 0 Å². The predicted molar refractivity (Wildman–Crippen MR) is 99.0 cm³/mol. The van der Waals surface area contributed by atoms with E-state index >= 15 is 0 Å². The number of esters is 1. The molecule has 0 radical (unpaired) electrons. The first-order chi connectivity index (χ1) is 12.2. The summed E-state index contributed by atoms with van der Waals surface area (Å²) in [5.74, 6) is -0.480. The van der Waals surface area contributed by atoms with Gasteiger partial charge in [0.2, 0.25) is 0 Å². The summed E-state index contributed by atoms with van der Waals surface area (Å²) in [4.78, 5) is 22.3. The lowest BCUT2D eigenvalue weighted by atomic mass is 10.1. The molecule has 1 aliphatic rings. The van der Waals surface area contributed by atoms with Gasteiger partial charge in [-0.2, -0.15) is 0 Å².